The van der Waals surface area contributed by atoms with E-state index in [1.165, 1.54) is 0 Å². The summed E-state index contributed by atoms with van der Waals surface area (Å²) in [7, 11) is 0. The third-order valence-corrected chi connectivity index (χ3v) is 4.29. The van der Waals surface area contributed by atoms with Crippen LogP contribution in [-0.4, -0.2) is 15.6 Å². The summed E-state index contributed by atoms with van der Waals surface area (Å²) < 4.78 is 2.20. The molecule has 1 heterocycles. The molecule has 0 radical (unpaired) electrons. The number of benzene rings is 1. The van der Waals surface area contributed by atoms with Crippen LogP contribution in [0.2, 0.25) is 10.0 Å². The number of imidazole rings is 1. The van der Waals surface area contributed by atoms with Gasteiger partial charge in [0.25, 0.3) is 0 Å². The number of halogens is 2. The van der Waals surface area contributed by atoms with Gasteiger partial charge in [0, 0.05) is 19.0 Å². The van der Waals surface area contributed by atoms with E-state index in [-0.39, 0.29) is 6.04 Å². The second kappa shape index (κ2) is 6.79. The van der Waals surface area contributed by atoms with Crippen LogP contribution < -0.4 is 5.73 Å². The van der Waals surface area contributed by atoms with Crippen LogP contribution in [0.5, 0.6) is 0 Å². The van der Waals surface area contributed by atoms with Crippen molar-refractivity contribution in [2.45, 2.75) is 52.1 Å². The summed E-state index contributed by atoms with van der Waals surface area (Å²) in [5, 5.41) is 1.11. The number of fused-ring (bicyclic) bond motifs is 1. The number of aryl methyl sites for hydroxylation is 1. The molecule has 2 N–H and O–H groups in total. The van der Waals surface area contributed by atoms with Crippen molar-refractivity contribution in [1.82, 2.24) is 9.55 Å². The van der Waals surface area contributed by atoms with Gasteiger partial charge in [-0.1, -0.05) is 43.5 Å². The fraction of sp³-hybridized carbons (Fsp3) is 0.533. The lowest BCUT2D eigenvalue weighted by molar-refractivity contribution is 0.528. The van der Waals surface area contributed by atoms with Crippen LogP contribution in [0.4, 0.5) is 0 Å². The Bertz CT molecular complexity index is 592. The van der Waals surface area contributed by atoms with Crippen LogP contribution in [-0.2, 0) is 13.0 Å². The van der Waals surface area contributed by atoms with Crippen LogP contribution >= 0.6 is 23.2 Å². The Hall–Kier alpha value is -0.770. The van der Waals surface area contributed by atoms with E-state index in [1.807, 2.05) is 12.1 Å². The Morgan fingerprint density at radius 2 is 1.95 bits per heavy atom. The summed E-state index contributed by atoms with van der Waals surface area (Å²) in [6, 6.07) is 3.86. The van der Waals surface area contributed by atoms with E-state index in [0.717, 1.165) is 49.1 Å². The number of nitrogens with two attached hydrogens (primary N) is 1. The molecule has 0 saturated carbocycles. The third-order valence-electron chi connectivity index (χ3n) is 3.56. The number of hydrogen-bond acceptors (Lipinski definition) is 2. The first-order chi connectivity index (χ1) is 9.56. The minimum atomic E-state index is 0.127. The molecular weight excluding hydrogens is 293 g/mol. The zero-order valence-electron chi connectivity index (χ0n) is 12.0. The summed E-state index contributed by atoms with van der Waals surface area (Å²) in [6.45, 7) is 5.04. The van der Waals surface area contributed by atoms with Gasteiger partial charge in [-0.3, -0.25) is 0 Å². The standard InChI is InChI=1S/C15H21Cl2N3/c1-3-5-6-15-19-13-7-11(16)12(17)8-14(13)20(15)9-10(18)4-2/h7-8,10H,3-6,9,18H2,1-2H3. The van der Waals surface area contributed by atoms with Crippen LogP contribution in [0, 0.1) is 0 Å². The highest BCUT2D eigenvalue weighted by atomic mass is 35.5. The molecule has 1 aromatic carbocycles. The molecule has 20 heavy (non-hydrogen) atoms. The topological polar surface area (TPSA) is 43.8 Å². The summed E-state index contributed by atoms with van der Waals surface area (Å²) in [5.41, 5.74) is 8.03. The van der Waals surface area contributed by atoms with Gasteiger partial charge in [-0.2, -0.15) is 0 Å². The van der Waals surface area contributed by atoms with Gasteiger partial charge >= 0.3 is 0 Å². The SMILES string of the molecule is CCCCc1nc2cc(Cl)c(Cl)cc2n1CC(N)CC. The van der Waals surface area contributed by atoms with Crippen molar-refractivity contribution in [3.05, 3.63) is 28.0 Å². The van der Waals surface area contributed by atoms with Crippen molar-refractivity contribution >= 4 is 34.2 Å². The molecule has 1 unspecified atom stereocenters. The Morgan fingerprint density at radius 3 is 2.60 bits per heavy atom. The first-order valence-corrected chi connectivity index (χ1v) is 7.92. The molecule has 0 aliphatic rings. The second-order valence-corrected chi connectivity index (χ2v) is 5.98. The molecule has 0 fully saturated rings. The lowest BCUT2D eigenvalue weighted by Crippen LogP contribution is -2.26. The zero-order chi connectivity index (χ0) is 14.7. The van der Waals surface area contributed by atoms with Crippen molar-refractivity contribution in [2.24, 2.45) is 5.73 Å². The maximum absolute atomic E-state index is 6.14. The number of unbranched alkanes of at least 4 members (excludes halogenated alkanes) is 1. The minimum absolute atomic E-state index is 0.127. The Labute approximate surface area is 130 Å². The highest BCUT2D eigenvalue weighted by Crippen LogP contribution is 2.29. The van der Waals surface area contributed by atoms with E-state index >= 15 is 0 Å². The molecule has 1 atom stereocenters. The van der Waals surface area contributed by atoms with Crippen molar-refractivity contribution < 1.29 is 0 Å². The maximum Gasteiger partial charge on any atom is 0.109 e. The Kier molecular flexibility index (Phi) is 5.30. The highest BCUT2D eigenvalue weighted by Gasteiger charge is 2.14. The van der Waals surface area contributed by atoms with Crippen molar-refractivity contribution in [1.29, 1.82) is 0 Å². The summed E-state index contributed by atoms with van der Waals surface area (Å²) in [4.78, 5) is 4.70. The lowest BCUT2D eigenvalue weighted by atomic mass is 10.2. The normalized spacial score (nSPS) is 13.1. The van der Waals surface area contributed by atoms with E-state index in [4.69, 9.17) is 33.9 Å². The maximum atomic E-state index is 6.14. The van der Waals surface area contributed by atoms with E-state index in [1.54, 1.807) is 0 Å². The zero-order valence-corrected chi connectivity index (χ0v) is 13.5. The lowest BCUT2D eigenvalue weighted by Gasteiger charge is -2.14. The van der Waals surface area contributed by atoms with E-state index < -0.39 is 0 Å². The van der Waals surface area contributed by atoms with E-state index in [2.05, 4.69) is 18.4 Å². The summed E-state index contributed by atoms with van der Waals surface area (Å²) >= 11 is 12.2. The van der Waals surface area contributed by atoms with Gasteiger partial charge in [-0.25, -0.2) is 4.98 Å². The summed E-state index contributed by atoms with van der Waals surface area (Å²) in [6.07, 6.45) is 4.15. The molecule has 1 aromatic heterocycles. The van der Waals surface area contributed by atoms with Gasteiger partial charge in [0.05, 0.1) is 21.1 Å². The quantitative estimate of drug-likeness (QED) is 0.857. The largest absolute Gasteiger partial charge is 0.326 e. The van der Waals surface area contributed by atoms with Gasteiger partial charge < -0.3 is 10.3 Å². The molecule has 0 aliphatic carbocycles. The predicted octanol–water partition coefficient (Wildman–Crippen LogP) is 4.42. The molecule has 0 amide bonds. The first-order valence-electron chi connectivity index (χ1n) is 7.16. The van der Waals surface area contributed by atoms with Crippen LogP contribution in [0.15, 0.2) is 12.1 Å². The average molecular weight is 314 g/mol. The summed E-state index contributed by atoms with van der Waals surface area (Å²) in [5.74, 6) is 1.07. The second-order valence-electron chi connectivity index (χ2n) is 5.17. The monoisotopic (exact) mass is 313 g/mol. The Balaban J connectivity index is 2.49. The molecule has 3 nitrogen and oxygen atoms in total. The Morgan fingerprint density at radius 1 is 1.25 bits per heavy atom. The molecule has 0 saturated heterocycles. The van der Waals surface area contributed by atoms with E-state index in [0.29, 0.717) is 10.0 Å². The molecule has 2 aromatic rings. The van der Waals surface area contributed by atoms with Crippen molar-refractivity contribution in [3.63, 3.8) is 0 Å². The van der Waals surface area contributed by atoms with Crippen LogP contribution in [0.25, 0.3) is 11.0 Å². The van der Waals surface area contributed by atoms with Crippen molar-refractivity contribution in [2.75, 3.05) is 0 Å². The number of aromatic nitrogens is 2. The molecule has 2 rings (SSSR count). The molecule has 0 spiro atoms. The molecule has 0 aliphatic heterocycles. The number of nitrogens with zero attached hydrogens (tertiary/aromatic N) is 2. The van der Waals surface area contributed by atoms with Crippen LogP contribution in [0.1, 0.15) is 38.9 Å². The average Bonchev–Trinajstić information content (AvgIpc) is 2.74. The van der Waals surface area contributed by atoms with E-state index in [9.17, 15) is 0 Å². The van der Waals surface area contributed by atoms with Gasteiger partial charge in [-0.15, -0.1) is 0 Å². The van der Waals surface area contributed by atoms with Gasteiger partial charge in [0.1, 0.15) is 5.82 Å². The van der Waals surface area contributed by atoms with Gasteiger partial charge in [0.2, 0.25) is 0 Å². The molecule has 5 heteroatoms. The smallest absolute Gasteiger partial charge is 0.109 e. The number of rotatable bonds is 6. The highest BCUT2D eigenvalue weighted by molar-refractivity contribution is 6.42. The predicted molar refractivity (Wildman–Crippen MR) is 86.6 cm³/mol. The third kappa shape index (κ3) is 3.27. The number of hydrogen-bond donors (Lipinski definition) is 1. The minimum Gasteiger partial charge on any atom is -0.326 e. The van der Waals surface area contributed by atoms with Gasteiger partial charge in [-0.05, 0) is 25.0 Å². The first kappa shape index (κ1) is 15.6. The van der Waals surface area contributed by atoms with Crippen molar-refractivity contribution in [3.8, 4) is 0 Å². The van der Waals surface area contributed by atoms with Crippen LogP contribution in [0.3, 0.4) is 0 Å². The molecular formula is C15H21Cl2N3. The van der Waals surface area contributed by atoms with Gasteiger partial charge in [0.15, 0.2) is 0 Å². The molecule has 110 valence electrons. The fourth-order valence-electron chi connectivity index (χ4n) is 2.26. The fourth-order valence-corrected chi connectivity index (χ4v) is 2.58. The molecule has 0 bridgehead atoms.